The standard InChI is InChI=1S/C20H25ClN4O3S/c1-3-12-25-18(28)22-23-19(25)29-13-17(27)24(2)20(11-7-6-10-16(20)26)14-8-4-5-9-15(14)21/h4-5,8-9H,3,6-7,10-13H2,1-2H3,(H,22,28)/t20-/m0/s1. The molecule has 7 nitrogen and oxygen atoms in total. The molecule has 1 aromatic heterocycles. The highest BCUT2D eigenvalue weighted by Crippen LogP contribution is 2.42. The molecule has 0 aliphatic heterocycles. The third-order valence-corrected chi connectivity index (χ3v) is 6.71. The second-order valence-corrected chi connectivity index (χ2v) is 8.52. The van der Waals surface area contributed by atoms with Crippen LogP contribution in [-0.4, -0.2) is 44.2 Å². The Morgan fingerprint density at radius 3 is 2.79 bits per heavy atom. The summed E-state index contributed by atoms with van der Waals surface area (Å²) >= 11 is 7.64. The van der Waals surface area contributed by atoms with Gasteiger partial charge in [0.15, 0.2) is 10.9 Å². The van der Waals surface area contributed by atoms with Gasteiger partial charge in [0.1, 0.15) is 5.54 Å². The molecule has 9 heteroatoms. The highest BCUT2D eigenvalue weighted by molar-refractivity contribution is 7.99. The molecule has 1 aliphatic carbocycles. The van der Waals surface area contributed by atoms with Crippen LogP contribution in [0, 0.1) is 0 Å². The number of ketones is 1. The lowest BCUT2D eigenvalue weighted by Gasteiger charge is -2.44. The number of aromatic amines is 1. The predicted octanol–water partition coefficient (Wildman–Crippen LogP) is 3.22. The summed E-state index contributed by atoms with van der Waals surface area (Å²) in [7, 11) is 1.67. The van der Waals surface area contributed by atoms with E-state index in [1.807, 2.05) is 25.1 Å². The Labute approximate surface area is 178 Å². The molecular weight excluding hydrogens is 412 g/mol. The van der Waals surface area contributed by atoms with Gasteiger partial charge in [0.25, 0.3) is 0 Å². The molecule has 0 saturated heterocycles. The van der Waals surface area contributed by atoms with Crippen molar-refractivity contribution in [3.05, 3.63) is 45.3 Å². The molecule has 1 fully saturated rings. The van der Waals surface area contributed by atoms with Crippen molar-refractivity contribution in [2.75, 3.05) is 12.8 Å². The second-order valence-electron chi connectivity index (χ2n) is 7.17. The average Bonchev–Trinajstić information content (AvgIpc) is 3.07. The first kappa shape index (κ1) is 21.6. The maximum absolute atomic E-state index is 13.1. The summed E-state index contributed by atoms with van der Waals surface area (Å²) in [5.41, 5.74) is -0.664. The number of likely N-dealkylation sites (N-methyl/N-ethyl adjacent to an activating group) is 1. The van der Waals surface area contributed by atoms with Crippen molar-refractivity contribution in [1.29, 1.82) is 0 Å². The maximum Gasteiger partial charge on any atom is 0.343 e. The number of aromatic nitrogens is 3. The van der Waals surface area contributed by atoms with Crippen LogP contribution in [0.1, 0.15) is 44.6 Å². The molecule has 2 aromatic rings. The van der Waals surface area contributed by atoms with E-state index in [1.165, 1.54) is 21.2 Å². The van der Waals surface area contributed by atoms with Gasteiger partial charge in [0, 0.05) is 30.6 Å². The van der Waals surface area contributed by atoms with E-state index in [2.05, 4.69) is 10.2 Å². The van der Waals surface area contributed by atoms with E-state index in [9.17, 15) is 14.4 Å². The normalized spacial score (nSPS) is 19.3. The van der Waals surface area contributed by atoms with Crippen LogP contribution in [0.5, 0.6) is 0 Å². The lowest BCUT2D eigenvalue weighted by molar-refractivity contribution is -0.146. The third-order valence-electron chi connectivity index (χ3n) is 5.42. The monoisotopic (exact) mass is 436 g/mol. The highest BCUT2D eigenvalue weighted by atomic mass is 35.5. The Kier molecular flexibility index (Phi) is 6.85. The molecule has 0 bridgehead atoms. The topological polar surface area (TPSA) is 88.1 Å². The summed E-state index contributed by atoms with van der Waals surface area (Å²) in [4.78, 5) is 39.6. The number of hydrogen-bond acceptors (Lipinski definition) is 5. The number of carbonyl (C=O) groups is 2. The first-order valence-corrected chi connectivity index (χ1v) is 11.1. The van der Waals surface area contributed by atoms with Crippen LogP contribution >= 0.6 is 23.4 Å². The average molecular weight is 437 g/mol. The summed E-state index contributed by atoms with van der Waals surface area (Å²) < 4.78 is 1.52. The molecule has 1 saturated carbocycles. The minimum atomic E-state index is -1.05. The van der Waals surface area contributed by atoms with E-state index in [0.717, 1.165) is 19.3 Å². The van der Waals surface area contributed by atoms with Crippen molar-refractivity contribution in [1.82, 2.24) is 19.7 Å². The van der Waals surface area contributed by atoms with Gasteiger partial charge in [0.2, 0.25) is 5.91 Å². The molecule has 156 valence electrons. The number of rotatable bonds is 7. The maximum atomic E-state index is 13.1. The SMILES string of the molecule is CCCn1c(SCC(=O)N(C)[C@]2(c3ccccc3Cl)CCCCC2=O)n[nH]c1=O. The van der Waals surface area contributed by atoms with Crippen molar-refractivity contribution < 1.29 is 9.59 Å². The quantitative estimate of drug-likeness (QED) is 0.673. The van der Waals surface area contributed by atoms with Crippen LogP contribution < -0.4 is 5.69 Å². The van der Waals surface area contributed by atoms with Crippen LogP contribution in [0.3, 0.4) is 0 Å². The van der Waals surface area contributed by atoms with Gasteiger partial charge in [-0.2, -0.15) is 0 Å². The molecule has 1 N–H and O–H groups in total. The first-order valence-electron chi connectivity index (χ1n) is 9.74. The Morgan fingerprint density at radius 1 is 1.34 bits per heavy atom. The van der Waals surface area contributed by atoms with Crippen LogP contribution in [0.2, 0.25) is 5.02 Å². The Bertz CT molecular complexity index is 957. The molecule has 1 amide bonds. The molecule has 0 spiro atoms. The van der Waals surface area contributed by atoms with Crippen LogP contribution in [0.15, 0.2) is 34.2 Å². The number of H-pyrrole nitrogens is 1. The molecule has 1 aromatic carbocycles. The van der Waals surface area contributed by atoms with Gasteiger partial charge in [-0.05, 0) is 31.7 Å². The zero-order valence-electron chi connectivity index (χ0n) is 16.6. The lowest BCUT2D eigenvalue weighted by atomic mass is 9.74. The fourth-order valence-corrected chi connectivity index (χ4v) is 5.08. The van der Waals surface area contributed by atoms with E-state index in [0.29, 0.717) is 35.1 Å². The zero-order chi connectivity index (χ0) is 21.0. The molecule has 0 radical (unpaired) electrons. The largest absolute Gasteiger partial charge is 0.343 e. The molecule has 29 heavy (non-hydrogen) atoms. The van der Waals surface area contributed by atoms with Gasteiger partial charge < -0.3 is 4.90 Å². The molecule has 3 rings (SSSR count). The number of benzene rings is 1. The molecular formula is C20H25ClN4O3S. The minimum Gasteiger partial charge on any atom is -0.328 e. The number of Topliss-reactive ketones (excluding diaryl/α,β-unsaturated/α-hetero) is 1. The van der Waals surface area contributed by atoms with E-state index >= 15 is 0 Å². The number of hydrogen-bond donors (Lipinski definition) is 1. The lowest BCUT2D eigenvalue weighted by Crippen LogP contribution is -2.54. The fourth-order valence-electron chi connectivity index (χ4n) is 3.90. The molecule has 1 heterocycles. The zero-order valence-corrected chi connectivity index (χ0v) is 18.2. The van der Waals surface area contributed by atoms with Crippen LogP contribution in [0.4, 0.5) is 0 Å². The Balaban J connectivity index is 1.86. The summed E-state index contributed by atoms with van der Waals surface area (Å²) in [5.74, 6) is -0.117. The van der Waals surface area contributed by atoms with Crippen LogP contribution in [0.25, 0.3) is 0 Å². The van der Waals surface area contributed by atoms with Crippen molar-refractivity contribution in [2.45, 2.75) is 56.3 Å². The van der Waals surface area contributed by atoms with E-state index in [4.69, 9.17) is 11.6 Å². The predicted molar refractivity (Wildman–Crippen MR) is 113 cm³/mol. The van der Waals surface area contributed by atoms with Gasteiger partial charge in [-0.15, -0.1) is 5.10 Å². The molecule has 1 atom stereocenters. The highest BCUT2D eigenvalue weighted by Gasteiger charge is 2.47. The Morgan fingerprint density at radius 2 is 2.10 bits per heavy atom. The number of nitrogens with zero attached hydrogens (tertiary/aromatic N) is 3. The first-order chi connectivity index (χ1) is 13.9. The Hall–Kier alpha value is -2.06. The van der Waals surface area contributed by atoms with E-state index < -0.39 is 5.54 Å². The van der Waals surface area contributed by atoms with Crippen molar-refractivity contribution in [3.63, 3.8) is 0 Å². The summed E-state index contributed by atoms with van der Waals surface area (Å²) in [6.45, 7) is 2.50. The van der Waals surface area contributed by atoms with Crippen molar-refractivity contribution in [2.24, 2.45) is 0 Å². The summed E-state index contributed by atoms with van der Waals surface area (Å²) in [6, 6.07) is 7.23. The van der Waals surface area contributed by atoms with Gasteiger partial charge in [0.05, 0.1) is 5.75 Å². The minimum absolute atomic E-state index is 0.0142. The molecule has 1 aliphatic rings. The fraction of sp³-hybridized carbons (Fsp3) is 0.500. The smallest absolute Gasteiger partial charge is 0.328 e. The number of amides is 1. The van der Waals surface area contributed by atoms with E-state index in [-0.39, 0.29) is 23.1 Å². The van der Waals surface area contributed by atoms with E-state index in [1.54, 1.807) is 13.1 Å². The van der Waals surface area contributed by atoms with Gasteiger partial charge in [-0.25, -0.2) is 9.89 Å². The summed E-state index contributed by atoms with van der Waals surface area (Å²) in [6.07, 6.45) is 3.41. The number of nitrogens with one attached hydrogen (secondary N) is 1. The third kappa shape index (κ3) is 4.14. The van der Waals surface area contributed by atoms with Gasteiger partial charge in [-0.3, -0.25) is 14.2 Å². The summed E-state index contributed by atoms with van der Waals surface area (Å²) in [5, 5.41) is 7.40. The van der Waals surface area contributed by atoms with Gasteiger partial charge in [-0.1, -0.05) is 48.5 Å². The van der Waals surface area contributed by atoms with Gasteiger partial charge >= 0.3 is 5.69 Å². The molecule has 0 unspecified atom stereocenters. The number of halogens is 1. The van der Waals surface area contributed by atoms with Crippen molar-refractivity contribution in [3.8, 4) is 0 Å². The van der Waals surface area contributed by atoms with Crippen LogP contribution in [-0.2, 0) is 21.7 Å². The number of thioether (sulfide) groups is 1. The van der Waals surface area contributed by atoms with Crippen molar-refractivity contribution >= 4 is 35.1 Å². The second kappa shape index (κ2) is 9.17. The number of carbonyl (C=O) groups excluding carboxylic acids is 2.